The van der Waals surface area contributed by atoms with Gasteiger partial charge < -0.3 is 5.32 Å². The number of amides is 2. The summed E-state index contributed by atoms with van der Waals surface area (Å²) in [6, 6.07) is 1.98. The number of nitrogens with one attached hydrogen (secondary N) is 1. The topological polar surface area (TPSA) is 75.2 Å². The van der Waals surface area contributed by atoms with E-state index in [9.17, 15) is 9.59 Å². The molecule has 0 atom stereocenters. The Labute approximate surface area is 126 Å². The minimum Gasteiger partial charge on any atom is -0.369 e. The van der Waals surface area contributed by atoms with Gasteiger partial charge in [0, 0.05) is 19.4 Å². The third-order valence-corrected chi connectivity index (χ3v) is 4.17. The molecule has 3 rings (SSSR count). The van der Waals surface area contributed by atoms with Gasteiger partial charge in [-0.2, -0.15) is 0 Å². The maximum atomic E-state index is 11.7. The van der Waals surface area contributed by atoms with Crippen molar-refractivity contribution in [2.24, 2.45) is 0 Å². The molecule has 7 heteroatoms. The van der Waals surface area contributed by atoms with Crippen molar-refractivity contribution >= 4 is 39.2 Å². The number of nitrogens with zero attached hydrogens (tertiary/aromatic N) is 3. The van der Waals surface area contributed by atoms with Crippen LogP contribution in [-0.2, 0) is 16.1 Å². The number of fused-ring (bicyclic) bond motifs is 1. The molecule has 1 aliphatic rings. The third kappa shape index (κ3) is 2.73. The van der Waals surface area contributed by atoms with Gasteiger partial charge in [-0.3, -0.25) is 14.5 Å². The van der Waals surface area contributed by atoms with Crippen LogP contribution in [0.2, 0.25) is 0 Å². The maximum absolute atomic E-state index is 11.7. The van der Waals surface area contributed by atoms with E-state index in [0.29, 0.717) is 18.7 Å². The third-order valence-electron chi connectivity index (χ3n) is 3.37. The molecule has 21 heavy (non-hydrogen) atoms. The molecule has 0 aromatic carbocycles. The quantitative estimate of drug-likeness (QED) is 0.857. The van der Waals surface area contributed by atoms with Crippen molar-refractivity contribution in [1.29, 1.82) is 0 Å². The summed E-state index contributed by atoms with van der Waals surface area (Å²) in [5.74, 6) is 1.00. The molecule has 2 aromatic rings. The van der Waals surface area contributed by atoms with Gasteiger partial charge in [-0.15, -0.1) is 11.3 Å². The first-order chi connectivity index (χ1) is 10.2. The lowest BCUT2D eigenvalue weighted by atomic mass is 10.3. The van der Waals surface area contributed by atoms with E-state index in [0.717, 1.165) is 29.0 Å². The average Bonchev–Trinajstić information content (AvgIpc) is 3.06. The zero-order chi connectivity index (χ0) is 14.8. The number of thiophene rings is 1. The van der Waals surface area contributed by atoms with Crippen molar-refractivity contribution in [2.45, 2.75) is 32.7 Å². The fourth-order valence-corrected chi connectivity index (χ4v) is 3.07. The van der Waals surface area contributed by atoms with Crippen LogP contribution in [0.3, 0.4) is 0 Å². The van der Waals surface area contributed by atoms with Crippen molar-refractivity contribution in [2.75, 3.05) is 11.9 Å². The Bertz CT molecular complexity index is 681. The average molecular weight is 304 g/mol. The molecule has 0 saturated carbocycles. The molecule has 0 spiro atoms. The van der Waals surface area contributed by atoms with Crippen LogP contribution in [0.5, 0.6) is 0 Å². The lowest BCUT2D eigenvalue weighted by Gasteiger charge is -2.14. The highest BCUT2D eigenvalue weighted by molar-refractivity contribution is 7.16. The second-order valence-corrected chi connectivity index (χ2v) is 5.82. The Balaban J connectivity index is 1.91. The van der Waals surface area contributed by atoms with Gasteiger partial charge in [0.2, 0.25) is 11.8 Å². The number of likely N-dealkylation sites (tertiary alicyclic amines) is 1. The Morgan fingerprint density at radius 1 is 1.29 bits per heavy atom. The number of hydrogen-bond donors (Lipinski definition) is 1. The van der Waals surface area contributed by atoms with Crippen LogP contribution in [0.4, 0.5) is 5.82 Å². The van der Waals surface area contributed by atoms with Crippen LogP contribution in [-0.4, -0.2) is 33.2 Å². The number of carbonyl (C=O) groups excluding carboxylic acids is 2. The molecule has 3 heterocycles. The zero-order valence-corrected chi connectivity index (χ0v) is 12.6. The van der Waals surface area contributed by atoms with Crippen molar-refractivity contribution < 1.29 is 9.59 Å². The number of aromatic nitrogens is 2. The van der Waals surface area contributed by atoms with E-state index in [1.165, 1.54) is 16.2 Å². The largest absolute Gasteiger partial charge is 0.369 e. The fourth-order valence-electron chi connectivity index (χ4n) is 2.29. The first kappa shape index (κ1) is 13.9. The van der Waals surface area contributed by atoms with Gasteiger partial charge >= 0.3 is 0 Å². The zero-order valence-electron chi connectivity index (χ0n) is 11.8. The van der Waals surface area contributed by atoms with Crippen LogP contribution in [0.1, 0.15) is 32.0 Å². The molecule has 110 valence electrons. The SMILES string of the molecule is CCCNc1nc(CN2C(=O)CCC2=O)nc2sccc12. The van der Waals surface area contributed by atoms with Crippen molar-refractivity contribution in [3.8, 4) is 0 Å². The summed E-state index contributed by atoms with van der Waals surface area (Å²) >= 11 is 1.53. The monoisotopic (exact) mass is 304 g/mol. The predicted octanol–water partition coefficient (Wildman–Crippen LogP) is 2.16. The number of rotatable bonds is 5. The van der Waals surface area contributed by atoms with E-state index >= 15 is 0 Å². The van der Waals surface area contributed by atoms with Crippen LogP contribution >= 0.6 is 11.3 Å². The number of imide groups is 1. The second kappa shape index (κ2) is 5.77. The highest BCUT2D eigenvalue weighted by Gasteiger charge is 2.29. The number of hydrogen-bond acceptors (Lipinski definition) is 6. The summed E-state index contributed by atoms with van der Waals surface area (Å²) in [4.78, 5) is 34.5. The van der Waals surface area contributed by atoms with Crippen molar-refractivity contribution in [1.82, 2.24) is 14.9 Å². The minimum absolute atomic E-state index is 0.141. The molecular formula is C14H16N4O2S. The number of carbonyl (C=O) groups is 2. The molecule has 1 N–H and O–H groups in total. The molecule has 6 nitrogen and oxygen atoms in total. The van der Waals surface area contributed by atoms with Gasteiger partial charge in [-0.25, -0.2) is 9.97 Å². The number of anilines is 1. The molecule has 1 saturated heterocycles. The summed E-state index contributed by atoms with van der Waals surface area (Å²) in [6.45, 7) is 3.07. The van der Waals surface area contributed by atoms with Gasteiger partial charge in [-0.05, 0) is 17.9 Å². The molecule has 2 amide bonds. The van der Waals surface area contributed by atoms with Gasteiger partial charge in [-0.1, -0.05) is 6.92 Å². The summed E-state index contributed by atoms with van der Waals surface area (Å²) in [6.07, 6.45) is 1.58. The van der Waals surface area contributed by atoms with Crippen molar-refractivity contribution in [3.05, 3.63) is 17.3 Å². The molecule has 0 radical (unpaired) electrons. The smallest absolute Gasteiger partial charge is 0.230 e. The van der Waals surface area contributed by atoms with E-state index in [2.05, 4.69) is 22.2 Å². The van der Waals surface area contributed by atoms with E-state index in [4.69, 9.17) is 0 Å². The van der Waals surface area contributed by atoms with Crippen LogP contribution in [0.15, 0.2) is 11.4 Å². The molecule has 1 fully saturated rings. The molecule has 2 aromatic heterocycles. The first-order valence-corrected chi connectivity index (χ1v) is 7.88. The lowest BCUT2D eigenvalue weighted by Crippen LogP contribution is -2.29. The molecule has 0 aliphatic carbocycles. The Morgan fingerprint density at radius 3 is 2.76 bits per heavy atom. The summed E-state index contributed by atoms with van der Waals surface area (Å²) < 4.78 is 0. The Kier molecular flexibility index (Phi) is 3.83. The normalized spacial score (nSPS) is 15.2. The highest BCUT2D eigenvalue weighted by atomic mass is 32.1. The summed E-state index contributed by atoms with van der Waals surface area (Å²) in [5.41, 5.74) is 0. The first-order valence-electron chi connectivity index (χ1n) is 7.00. The standard InChI is InChI=1S/C14H16N4O2S/c1-2-6-15-13-9-5-7-21-14(9)17-10(16-13)8-18-11(19)3-4-12(18)20/h5,7H,2-4,6,8H2,1H3,(H,15,16,17). The van der Waals surface area contributed by atoms with Gasteiger partial charge in [0.1, 0.15) is 10.6 Å². The van der Waals surface area contributed by atoms with Crippen molar-refractivity contribution in [3.63, 3.8) is 0 Å². The molecule has 0 unspecified atom stereocenters. The fraction of sp³-hybridized carbons (Fsp3) is 0.429. The Morgan fingerprint density at radius 2 is 2.05 bits per heavy atom. The molecular weight excluding hydrogens is 288 g/mol. The van der Waals surface area contributed by atoms with E-state index in [1.807, 2.05) is 11.4 Å². The predicted molar refractivity (Wildman–Crippen MR) is 81.0 cm³/mol. The summed E-state index contributed by atoms with van der Waals surface area (Å²) in [7, 11) is 0. The van der Waals surface area contributed by atoms with Crippen LogP contribution < -0.4 is 5.32 Å². The van der Waals surface area contributed by atoms with Crippen LogP contribution in [0.25, 0.3) is 10.2 Å². The molecule has 0 bridgehead atoms. The van der Waals surface area contributed by atoms with E-state index < -0.39 is 0 Å². The van der Waals surface area contributed by atoms with E-state index in [-0.39, 0.29) is 18.4 Å². The van der Waals surface area contributed by atoms with Crippen LogP contribution in [0, 0.1) is 0 Å². The molecule has 1 aliphatic heterocycles. The summed E-state index contributed by atoms with van der Waals surface area (Å²) in [5, 5.41) is 6.23. The Hall–Kier alpha value is -2.02. The lowest BCUT2D eigenvalue weighted by molar-refractivity contribution is -0.139. The van der Waals surface area contributed by atoms with E-state index in [1.54, 1.807) is 0 Å². The second-order valence-electron chi connectivity index (χ2n) is 4.93. The van der Waals surface area contributed by atoms with Gasteiger partial charge in [0.15, 0.2) is 5.82 Å². The highest BCUT2D eigenvalue weighted by Crippen LogP contribution is 2.26. The maximum Gasteiger partial charge on any atom is 0.230 e. The van der Waals surface area contributed by atoms with Gasteiger partial charge in [0.05, 0.1) is 11.9 Å². The van der Waals surface area contributed by atoms with Gasteiger partial charge in [0.25, 0.3) is 0 Å². The minimum atomic E-state index is -0.141.